The average molecular weight is 332 g/mol. The molecule has 0 heterocycles. The number of carbonyl (C=O) groups is 1. The molecule has 0 aliphatic heterocycles. The van der Waals surface area contributed by atoms with E-state index in [9.17, 15) is 13.2 Å². The first kappa shape index (κ1) is 16.1. The number of aryl methyl sites for hydroxylation is 1. The number of rotatable bonds is 4. The van der Waals surface area contributed by atoms with Gasteiger partial charge in [-0.3, -0.25) is 4.79 Å². The second kappa shape index (κ2) is 6.23. The summed E-state index contributed by atoms with van der Waals surface area (Å²) in [6.45, 7) is 1.73. The van der Waals surface area contributed by atoms with Crippen molar-refractivity contribution in [3.8, 4) is 5.75 Å². The van der Waals surface area contributed by atoms with Gasteiger partial charge in [-0.05, 0) is 37.5 Å². The zero-order chi connectivity index (χ0) is 15.6. The van der Waals surface area contributed by atoms with E-state index in [1.807, 2.05) is 0 Å². The van der Waals surface area contributed by atoms with Gasteiger partial charge < -0.3 is 10.1 Å². The van der Waals surface area contributed by atoms with Gasteiger partial charge in [0.15, 0.2) is 5.75 Å². The third-order valence-corrected chi connectivity index (χ3v) is 4.98. The van der Waals surface area contributed by atoms with E-state index >= 15 is 0 Å². The maximum absolute atomic E-state index is 12.2. The quantitative estimate of drug-likeness (QED) is 0.861. The van der Waals surface area contributed by atoms with Gasteiger partial charge in [-0.1, -0.05) is 12.8 Å². The van der Waals surface area contributed by atoms with Crippen LogP contribution in [0.4, 0.5) is 5.69 Å². The molecular weight excluding hydrogens is 314 g/mol. The van der Waals surface area contributed by atoms with Crippen LogP contribution in [0.3, 0.4) is 0 Å². The highest BCUT2D eigenvalue weighted by molar-refractivity contribution is 8.13. The van der Waals surface area contributed by atoms with Gasteiger partial charge >= 0.3 is 0 Å². The van der Waals surface area contributed by atoms with Crippen molar-refractivity contribution < 1.29 is 17.9 Å². The highest BCUT2D eigenvalue weighted by atomic mass is 35.7. The van der Waals surface area contributed by atoms with Gasteiger partial charge in [-0.2, -0.15) is 0 Å². The van der Waals surface area contributed by atoms with Crippen LogP contribution in [0.5, 0.6) is 5.75 Å². The minimum absolute atomic E-state index is 0.0220. The fourth-order valence-electron chi connectivity index (χ4n) is 2.65. The minimum atomic E-state index is -3.95. The van der Waals surface area contributed by atoms with Crippen LogP contribution in [0.2, 0.25) is 0 Å². The first-order chi connectivity index (χ1) is 9.82. The number of hydrogen-bond donors (Lipinski definition) is 1. The van der Waals surface area contributed by atoms with E-state index in [0.29, 0.717) is 11.3 Å². The lowest BCUT2D eigenvalue weighted by Crippen LogP contribution is -2.21. The Kier molecular flexibility index (Phi) is 4.78. The van der Waals surface area contributed by atoms with Gasteiger partial charge in [0.25, 0.3) is 9.05 Å². The SMILES string of the molecule is COc1c(NC(=O)C2CCCC2)cc(C)cc1S(=O)(=O)Cl. The standard InChI is InChI=1S/C14H18ClNO4S/c1-9-7-11(16-14(17)10-5-3-4-6-10)13(20-2)12(8-9)21(15,18)19/h7-8,10H,3-6H2,1-2H3,(H,16,17). The predicted octanol–water partition coefficient (Wildman–Crippen LogP) is 3.06. The zero-order valence-electron chi connectivity index (χ0n) is 12.0. The number of methoxy groups -OCH3 is 1. The molecule has 1 amide bonds. The van der Waals surface area contributed by atoms with E-state index in [1.54, 1.807) is 13.0 Å². The van der Waals surface area contributed by atoms with Crippen molar-refractivity contribution in [1.29, 1.82) is 0 Å². The van der Waals surface area contributed by atoms with E-state index in [1.165, 1.54) is 13.2 Å². The highest BCUT2D eigenvalue weighted by Crippen LogP contribution is 2.36. The molecule has 1 saturated carbocycles. The molecule has 116 valence electrons. The lowest BCUT2D eigenvalue weighted by molar-refractivity contribution is -0.119. The number of anilines is 1. The number of carbonyl (C=O) groups excluding carboxylic acids is 1. The Morgan fingerprint density at radius 1 is 1.33 bits per heavy atom. The summed E-state index contributed by atoms with van der Waals surface area (Å²) < 4.78 is 28.4. The molecule has 1 aliphatic rings. The molecular formula is C14H18ClNO4S. The average Bonchev–Trinajstić information content (AvgIpc) is 2.91. The van der Waals surface area contributed by atoms with Crippen molar-refractivity contribution in [2.24, 2.45) is 5.92 Å². The van der Waals surface area contributed by atoms with E-state index < -0.39 is 9.05 Å². The molecule has 0 unspecified atom stereocenters. The number of hydrogen-bond acceptors (Lipinski definition) is 4. The molecule has 0 bridgehead atoms. The third kappa shape index (κ3) is 3.68. The fraction of sp³-hybridized carbons (Fsp3) is 0.500. The molecule has 1 N–H and O–H groups in total. The molecule has 1 aromatic rings. The van der Waals surface area contributed by atoms with Crippen LogP contribution in [0.25, 0.3) is 0 Å². The van der Waals surface area contributed by atoms with Crippen molar-refractivity contribution in [2.75, 3.05) is 12.4 Å². The van der Waals surface area contributed by atoms with Gasteiger partial charge in [0.1, 0.15) is 4.90 Å². The zero-order valence-corrected chi connectivity index (χ0v) is 13.6. The summed E-state index contributed by atoms with van der Waals surface area (Å²) in [5.41, 5.74) is 1.02. The van der Waals surface area contributed by atoms with Crippen molar-refractivity contribution >= 4 is 31.3 Å². The fourth-order valence-corrected chi connectivity index (χ4v) is 3.73. The Hall–Kier alpha value is -1.27. The van der Waals surface area contributed by atoms with Crippen LogP contribution in [-0.4, -0.2) is 21.4 Å². The van der Waals surface area contributed by atoms with Crippen LogP contribution in [-0.2, 0) is 13.8 Å². The van der Waals surface area contributed by atoms with Crippen molar-refractivity contribution in [2.45, 2.75) is 37.5 Å². The summed E-state index contributed by atoms with van der Waals surface area (Å²) in [5, 5.41) is 2.77. The Morgan fingerprint density at radius 3 is 2.48 bits per heavy atom. The smallest absolute Gasteiger partial charge is 0.265 e. The van der Waals surface area contributed by atoms with Gasteiger partial charge in [0.05, 0.1) is 12.8 Å². The lowest BCUT2D eigenvalue weighted by Gasteiger charge is -2.16. The number of nitrogens with one attached hydrogen (secondary N) is 1. The molecule has 5 nitrogen and oxygen atoms in total. The van der Waals surface area contributed by atoms with Gasteiger partial charge in [-0.15, -0.1) is 0 Å². The summed E-state index contributed by atoms with van der Waals surface area (Å²) in [7, 11) is 2.83. The molecule has 0 aromatic heterocycles. The lowest BCUT2D eigenvalue weighted by atomic mass is 10.1. The summed E-state index contributed by atoms with van der Waals surface area (Å²) >= 11 is 0. The molecule has 0 spiro atoms. The predicted molar refractivity (Wildman–Crippen MR) is 81.4 cm³/mol. The Labute approximate surface area is 129 Å². The van der Waals surface area contributed by atoms with Crippen molar-refractivity contribution in [1.82, 2.24) is 0 Å². The van der Waals surface area contributed by atoms with Crippen molar-refractivity contribution in [3.63, 3.8) is 0 Å². The van der Waals surface area contributed by atoms with Crippen LogP contribution >= 0.6 is 10.7 Å². The molecule has 0 atom stereocenters. The van der Waals surface area contributed by atoms with E-state index in [-0.39, 0.29) is 22.5 Å². The summed E-state index contributed by atoms with van der Waals surface area (Å²) in [4.78, 5) is 12.1. The van der Waals surface area contributed by atoms with Crippen LogP contribution in [0, 0.1) is 12.8 Å². The maximum atomic E-state index is 12.2. The second-order valence-electron chi connectivity index (χ2n) is 5.25. The van der Waals surface area contributed by atoms with Crippen LogP contribution in [0.15, 0.2) is 17.0 Å². The van der Waals surface area contributed by atoms with Gasteiger partial charge in [0, 0.05) is 16.6 Å². The Balaban J connectivity index is 2.38. The van der Waals surface area contributed by atoms with Crippen molar-refractivity contribution in [3.05, 3.63) is 17.7 Å². The minimum Gasteiger partial charge on any atom is -0.493 e. The summed E-state index contributed by atoms with van der Waals surface area (Å²) in [5.74, 6) is -0.0532. The molecule has 0 saturated heterocycles. The topological polar surface area (TPSA) is 72.5 Å². The molecule has 0 radical (unpaired) electrons. The second-order valence-corrected chi connectivity index (χ2v) is 7.79. The molecule has 2 rings (SSSR count). The van der Waals surface area contributed by atoms with E-state index in [0.717, 1.165) is 25.7 Å². The summed E-state index contributed by atoms with van der Waals surface area (Å²) in [6.07, 6.45) is 3.82. The molecule has 21 heavy (non-hydrogen) atoms. The Morgan fingerprint density at radius 2 is 1.95 bits per heavy atom. The van der Waals surface area contributed by atoms with Crippen LogP contribution < -0.4 is 10.1 Å². The van der Waals surface area contributed by atoms with Gasteiger partial charge in [-0.25, -0.2) is 8.42 Å². The number of halogens is 1. The molecule has 1 aliphatic carbocycles. The van der Waals surface area contributed by atoms with Crippen LogP contribution in [0.1, 0.15) is 31.2 Å². The third-order valence-electron chi connectivity index (χ3n) is 3.65. The largest absolute Gasteiger partial charge is 0.493 e. The molecule has 1 aromatic carbocycles. The summed E-state index contributed by atoms with van der Waals surface area (Å²) in [6, 6.07) is 3.10. The Bertz CT molecular complexity index is 651. The molecule has 1 fully saturated rings. The first-order valence-electron chi connectivity index (χ1n) is 6.77. The number of amides is 1. The molecule has 7 heteroatoms. The van der Waals surface area contributed by atoms with E-state index in [2.05, 4.69) is 5.32 Å². The van der Waals surface area contributed by atoms with E-state index in [4.69, 9.17) is 15.4 Å². The highest BCUT2D eigenvalue weighted by Gasteiger charge is 2.26. The monoisotopic (exact) mass is 331 g/mol. The number of benzene rings is 1. The number of ether oxygens (including phenoxy) is 1. The normalized spacial score (nSPS) is 16.0. The maximum Gasteiger partial charge on any atom is 0.265 e. The first-order valence-corrected chi connectivity index (χ1v) is 9.08. The van der Waals surface area contributed by atoms with Gasteiger partial charge in [0.2, 0.25) is 5.91 Å².